The molecule has 0 bridgehead atoms. The molecular weight excluding hydrogens is 272 g/mol. The van der Waals surface area contributed by atoms with Crippen LogP contribution < -0.4 is 5.32 Å². The van der Waals surface area contributed by atoms with Crippen molar-refractivity contribution in [1.29, 1.82) is 0 Å². The van der Waals surface area contributed by atoms with Gasteiger partial charge in [-0.05, 0) is 44.2 Å². The Morgan fingerprint density at radius 2 is 1.95 bits per heavy atom. The molecule has 0 aliphatic carbocycles. The lowest BCUT2D eigenvalue weighted by Crippen LogP contribution is -2.34. The van der Waals surface area contributed by atoms with Crippen LogP contribution in [0.15, 0.2) is 42.6 Å². The van der Waals surface area contributed by atoms with Crippen LogP contribution >= 0.6 is 11.6 Å². The normalized spacial score (nSPS) is 12.2. The van der Waals surface area contributed by atoms with Gasteiger partial charge in [-0.25, -0.2) is 0 Å². The summed E-state index contributed by atoms with van der Waals surface area (Å²) < 4.78 is 0. The van der Waals surface area contributed by atoms with E-state index < -0.39 is 0 Å². The van der Waals surface area contributed by atoms with E-state index in [1.54, 1.807) is 14.0 Å². The van der Waals surface area contributed by atoms with E-state index in [-0.39, 0.29) is 11.8 Å². The molecule has 2 rings (SSSR count). The summed E-state index contributed by atoms with van der Waals surface area (Å²) in [6, 6.07) is 11.4. The van der Waals surface area contributed by atoms with E-state index in [0.29, 0.717) is 11.4 Å². The lowest BCUT2D eigenvalue weighted by Gasteiger charge is -2.12. The first kappa shape index (κ1) is 14.7. The van der Waals surface area contributed by atoms with Gasteiger partial charge in [0.25, 0.3) is 0 Å². The summed E-state index contributed by atoms with van der Waals surface area (Å²) in [7, 11) is 1.79. The van der Waals surface area contributed by atoms with Crippen LogP contribution in [0.3, 0.4) is 0 Å². The molecule has 0 saturated carbocycles. The number of benzene rings is 1. The third-order valence-electron chi connectivity index (χ3n) is 3.24. The summed E-state index contributed by atoms with van der Waals surface area (Å²) in [5.41, 5.74) is 2.96. The molecular formula is C16H17ClN2O. The number of nitrogens with zero attached hydrogens (tertiary/aromatic N) is 1. The van der Waals surface area contributed by atoms with Crippen molar-refractivity contribution in [3.63, 3.8) is 0 Å². The number of halogens is 1. The average Bonchev–Trinajstić information content (AvgIpc) is 2.46. The largest absolute Gasteiger partial charge is 0.310 e. The molecule has 0 radical (unpaired) electrons. The molecule has 1 N–H and O–H groups in total. The predicted molar refractivity (Wildman–Crippen MR) is 81.9 cm³/mol. The molecule has 20 heavy (non-hydrogen) atoms. The van der Waals surface area contributed by atoms with E-state index in [9.17, 15) is 4.79 Å². The van der Waals surface area contributed by atoms with Crippen molar-refractivity contribution in [1.82, 2.24) is 10.3 Å². The standard InChI is InChI=1S/C16H17ClN2O/c1-11(20)16(18-2)9-12-3-8-15(19-10-12)13-4-6-14(17)7-5-13/h3-8,10,16,18H,9H2,1-2H3/t16-/m0/s1. The van der Waals surface area contributed by atoms with Crippen molar-refractivity contribution in [3.8, 4) is 11.3 Å². The number of rotatable bonds is 5. The average molecular weight is 289 g/mol. The third-order valence-corrected chi connectivity index (χ3v) is 3.50. The van der Waals surface area contributed by atoms with Gasteiger partial charge < -0.3 is 5.32 Å². The second-order valence-corrected chi connectivity index (χ2v) is 5.15. The summed E-state index contributed by atoms with van der Waals surface area (Å²) in [4.78, 5) is 15.8. The molecule has 2 aromatic rings. The number of pyridine rings is 1. The van der Waals surface area contributed by atoms with Crippen LogP contribution in [0.5, 0.6) is 0 Å². The Labute approximate surface area is 124 Å². The second-order valence-electron chi connectivity index (χ2n) is 4.71. The second kappa shape index (κ2) is 6.64. The van der Waals surface area contributed by atoms with E-state index in [4.69, 9.17) is 11.6 Å². The van der Waals surface area contributed by atoms with Crippen molar-refractivity contribution in [2.75, 3.05) is 7.05 Å². The lowest BCUT2D eigenvalue weighted by molar-refractivity contribution is -0.118. The quantitative estimate of drug-likeness (QED) is 0.919. The number of carbonyl (C=O) groups excluding carboxylic acids is 1. The number of hydrogen-bond donors (Lipinski definition) is 1. The fourth-order valence-corrected chi connectivity index (χ4v) is 2.15. The number of nitrogens with one attached hydrogen (secondary N) is 1. The minimum Gasteiger partial charge on any atom is -0.310 e. The van der Waals surface area contributed by atoms with Gasteiger partial charge in [-0.2, -0.15) is 0 Å². The van der Waals surface area contributed by atoms with E-state index in [1.807, 2.05) is 42.6 Å². The highest BCUT2D eigenvalue weighted by atomic mass is 35.5. The summed E-state index contributed by atoms with van der Waals surface area (Å²) in [6.45, 7) is 1.59. The van der Waals surface area contributed by atoms with Gasteiger partial charge in [0.15, 0.2) is 0 Å². The van der Waals surface area contributed by atoms with Gasteiger partial charge >= 0.3 is 0 Å². The molecule has 0 fully saturated rings. The van der Waals surface area contributed by atoms with Gasteiger partial charge in [0.1, 0.15) is 5.78 Å². The molecule has 0 amide bonds. The molecule has 0 aliphatic rings. The van der Waals surface area contributed by atoms with Gasteiger partial charge in [0, 0.05) is 16.8 Å². The zero-order chi connectivity index (χ0) is 14.5. The van der Waals surface area contributed by atoms with Gasteiger partial charge in [-0.1, -0.05) is 29.8 Å². The Morgan fingerprint density at radius 3 is 2.45 bits per heavy atom. The molecule has 1 heterocycles. The van der Waals surface area contributed by atoms with E-state index in [1.165, 1.54) is 0 Å². The minimum atomic E-state index is -0.154. The minimum absolute atomic E-state index is 0.134. The summed E-state index contributed by atoms with van der Waals surface area (Å²) >= 11 is 5.87. The molecule has 0 saturated heterocycles. The Bertz CT molecular complexity index is 578. The molecule has 4 heteroatoms. The van der Waals surface area contributed by atoms with Crippen LogP contribution in [-0.4, -0.2) is 23.9 Å². The number of Topliss-reactive ketones (excluding diaryl/α,β-unsaturated/α-hetero) is 1. The highest BCUT2D eigenvalue weighted by molar-refractivity contribution is 6.30. The fourth-order valence-electron chi connectivity index (χ4n) is 2.02. The van der Waals surface area contributed by atoms with E-state index >= 15 is 0 Å². The molecule has 104 valence electrons. The van der Waals surface area contributed by atoms with Crippen molar-refractivity contribution in [2.45, 2.75) is 19.4 Å². The Hall–Kier alpha value is -1.71. The maximum atomic E-state index is 11.4. The van der Waals surface area contributed by atoms with Crippen molar-refractivity contribution in [3.05, 3.63) is 53.2 Å². The number of likely N-dealkylation sites (N-methyl/N-ethyl adjacent to an activating group) is 1. The fraction of sp³-hybridized carbons (Fsp3) is 0.250. The first-order chi connectivity index (χ1) is 9.60. The zero-order valence-electron chi connectivity index (χ0n) is 11.6. The molecule has 0 spiro atoms. The summed E-state index contributed by atoms with van der Waals surface area (Å²) in [5, 5.41) is 3.72. The van der Waals surface area contributed by atoms with Gasteiger partial charge in [0.05, 0.1) is 11.7 Å². The zero-order valence-corrected chi connectivity index (χ0v) is 12.3. The number of carbonyl (C=O) groups is 1. The van der Waals surface area contributed by atoms with E-state index in [0.717, 1.165) is 16.8 Å². The summed E-state index contributed by atoms with van der Waals surface area (Å²) in [5.74, 6) is 0.134. The first-order valence-electron chi connectivity index (χ1n) is 6.48. The lowest BCUT2D eigenvalue weighted by atomic mass is 10.0. The maximum absolute atomic E-state index is 11.4. The first-order valence-corrected chi connectivity index (χ1v) is 6.86. The van der Waals surface area contributed by atoms with Crippen LogP contribution in [0.4, 0.5) is 0 Å². The van der Waals surface area contributed by atoms with Crippen LogP contribution in [0.2, 0.25) is 5.02 Å². The Kier molecular flexibility index (Phi) is 4.88. The molecule has 3 nitrogen and oxygen atoms in total. The molecule has 1 aromatic carbocycles. The van der Waals surface area contributed by atoms with Crippen LogP contribution in [0, 0.1) is 0 Å². The SMILES string of the molecule is CN[C@@H](Cc1ccc(-c2ccc(Cl)cc2)nc1)C(C)=O. The third kappa shape index (κ3) is 3.65. The highest BCUT2D eigenvalue weighted by Crippen LogP contribution is 2.19. The van der Waals surface area contributed by atoms with Gasteiger partial charge in [-0.15, -0.1) is 0 Å². The van der Waals surface area contributed by atoms with Crippen molar-refractivity contribution < 1.29 is 4.79 Å². The Balaban J connectivity index is 2.13. The van der Waals surface area contributed by atoms with Crippen molar-refractivity contribution >= 4 is 17.4 Å². The molecule has 0 aliphatic heterocycles. The highest BCUT2D eigenvalue weighted by Gasteiger charge is 2.12. The number of aromatic nitrogens is 1. The van der Waals surface area contributed by atoms with Crippen LogP contribution in [-0.2, 0) is 11.2 Å². The Morgan fingerprint density at radius 1 is 1.25 bits per heavy atom. The smallest absolute Gasteiger partial charge is 0.147 e. The van der Waals surface area contributed by atoms with Crippen LogP contribution in [0.1, 0.15) is 12.5 Å². The van der Waals surface area contributed by atoms with E-state index in [2.05, 4.69) is 10.3 Å². The topological polar surface area (TPSA) is 42.0 Å². The maximum Gasteiger partial charge on any atom is 0.147 e. The predicted octanol–water partition coefficient (Wildman–Crippen LogP) is 3.12. The number of ketones is 1. The molecule has 1 aromatic heterocycles. The monoisotopic (exact) mass is 288 g/mol. The van der Waals surface area contributed by atoms with Crippen LogP contribution in [0.25, 0.3) is 11.3 Å². The van der Waals surface area contributed by atoms with Crippen molar-refractivity contribution in [2.24, 2.45) is 0 Å². The van der Waals surface area contributed by atoms with Gasteiger partial charge in [-0.3, -0.25) is 9.78 Å². The van der Waals surface area contributed by atoms with Gasteiger partial charge in [0.2, 0.25) is 0 Å². The molecule has 0 unspecified atom stereocenters. The molecule has 1 atom stereocenters. The number of hydrogen-bond acceptors (Lipinski definition) is 3. The summed E-state index contributed by atoms with van der Waals surface area (Å²) in [6.07, 6.45) is 2.47.